The fraction of sp³-hybridized carbons (Fsp3) is 0.353. The number of nitrogens with zero attached hydrogens (tertiary/aromatic N) is 3. The highest BCUT2D eigenvalue weighted by molar-refractivity contribution is 5.92. The second-order valence-electron chi connectivity index (χ2n) is 5.26. The third-order valence-corrected chi connectivity index (χ3v) is 3.84. The van der Waals surface area contributed by atoms with Crippen molar-refractivity contribution in [3.05, 3.63) is 36.3 Å². The molecule has 2 heterocycles. The second-order valence-corrected chi connectivity index (χ2v) is 5.26. The van der Waals surface area contributed by atoms with Gasteiger partial charge in [0.1, 0.15) is 17.2 Å². The summed E-state index contributed by atoms with van der Waals surface area (Å²) in [5, 5.41) is 0. The van der Waals surface area contributed by atoms with Gasteiger partial charge in [-0.15, -0.1) is 0 Å². The van der Waals surface area contributed by atoms with Crippen molar-refractivity contribution < 1.29 is 19.0 Å². The first-order chi connectivity index (χ1) is 11.7. The lowest BCUT2D eigenvalue weighted by molar-refractivity contribution is 0.0299. The fourth-order valence-electron chi connectivity index (χ4n) is 2.54. The van der Waals surface area contributed by atoms with E-state index in [0.717, 1.165) is 5.56 Å². The lowest BCUT2D eigenvalue weighted by Crippen LogP contribution is -2.41. The maximum Gasteiger partial charge on any atom is 0.274 e. The molecule has 24 heavy (non-hydrogen) atoms. The van der Waals surface area contributed by atoms with Crippen LogP contribution in [0.25, 0.3) is 11.3 Å². The number of hydrogen-bond donors (Lipinski definition) is 0. The molecule has 126 valence electrons. The number of morpholine rings is 1. The van der Waals surface area contributed by atoms with E-state index in [9.17, 15) is 4.79 Å². The van der Waals surface area contributed by atoms with Gasteiger partial charge >= 0.3 is 0 Å². The molecular formula is C17H19N3O4. The number of ether oxygens (including phenoxy) is 3. The molecule has 3 rings (SSSR count). The van der Waals surface area contributed by atoms with Crippen molar-refractivity contribution in [3.63, 3.8) is 0 Å². The zero-order valence-electron chi connectivity index (χ0n) is 13.7. The Morgan fingerprint density at radius 2 is 1.96 bits per heavy atom. The van der Waals surface area contributed by atoms with Crippen molar-refractivity contribution >= 4 is 5.91 Å². The summed E-state index contributed by atoms with van der Waals surface area (Å²) in [5.74, 6) is 1.16. The van der Waals surface area contributed by atoms with Crippen LogP contribution in [0, 0.1) is 0 Å². The predicted octanol–water partition coefficient (Wildman–Crippen LogP) is 1.63. The number of amides is 1. The number of carbonyl (C=O) groups is 1. The molecule has 0 N–H and O–H groups in total. The SMILES string of the molecule is COc1ccc(-c2cncc(C(=O)N3CCOCC3)n2)c(OC)c1. The number of carbonyl (C=O) groups excluding carboxylic acids is 1. The summed E-state index contributed by atoms with van der Waals surface area (Å²) in [4.78, 5) is 22.9. The number of aromatic nitrogens is 2. The van der Waals surface area contributed by atoms with E-state index in [1.54, 1.807) is 31.4 Å². The van der Waals surface area contributed by atoms with E-state index in [4.69, 9.17) is 14.2 Å². The molecule has 0 saturated carbocycles. The summed E-state index contributed by atoms with van der Waals surface area (Å²) in [7, 11) is 3.17. The molecule has 1 amide bonds. The highest BCUT2D eigenvalue weighted by Crippen LogP contribution is 2.31. The zero-order valence-corrected chi connectivity index (χ0v) is 13.7. The number of benzene rings is 1. The highest BCUT2D eigenvalue weighted by atomic mass is 16.5. The molecule has 0 radical (unpaired) electrons. The van der Waals surface area contributed by atoms with Crippen molar-refractivity contribution in [1.82, 2.24) is 14.9 Å². The molecule has 7 nitrogen and oxygen atoms in total. The molecule has 1 fully saturated rings. The minimum Gasteiger partial charge on any atom is -0.497 e. The summed E-state index contributed by atoms with van der Waals surface area (Å²) in [6, 6.07) is 5.42. The smallest absolute Gasteiger partial charge is 0.274 e. The van der Waals surface area contributed by atoms with Gasteiger partial charge in [0.25, 0.3) is 5.91 Å². The van der Waals surface area contributed by atoms with Gasteiger partial charge in [0, 0.05) is 24.7 Å². The van der Waals surface area contributed by atoms with Gasteiger partial charge in [-0.05, 0) is 12.1 Å². The van der Waals surface area contributed by atoms with Gasteiger partial charge in [-0.25, -0.2) is 4.98 Å². The van der Waals surface area contributed by atoms with Crippen LogP contribution < -0.4 is 9.47 Å². The summed E-state index contributed by atoms with van der Waals surface area (Å²) in [6.45, 7) is 2.23. The molecule has 0 aliphatic carbocycles. The van der Waals surface area contributed by atoms with Crippen LogP contribution in [0.1, 0.15) is 10.5 Å². The number of hydrogen-bond acceptors (Lipinski definition) is 6. The molecule has 1 saturated heterocycles. The molecule has 0 bridgehead atoms. The summed E-state index contributed by atoms with van der Waals surface area (Å²) >= 11 is 0. The lowest BCUT2D eigenvalue weighted by atomic mass is 10.1. The Labute approximate surface area is 140 Å². The van der Waals surface area contributed by atoms with Crippen LogP contribution in [0.15, 0.2) is 30.6 Å². The van der Waals surface area contributed by atoms with E-state index in [-0.39, 0.29) is 5.91 Å². The Morgan fingerprint density at radius 3 is 2.67 bits per heavy atom. The zero-order chi connectivity index (χ0) is 16.9. The largest absolute Gasteiger partial charge is 0.497 e. The normalized spacial score (nSPS) is 14.3. The fourth-order valence-corrected chi connectivity index (χ4v) is 2.54. The molecule has 0 unspecified atom stereocenters. The Bertz CT molecular complexity index is 730. The highest BCUT2D eigenvalue weighted by Gasteiger charge is 2.21. The Kier molecular flexibility index (Phi) is 4.90. The van der Waals surface area contributed by atoms with Gasteiger partial charge < -0.3 is 19.1 Å². The van der Waals surface area contributed by atoms with E-state index < -0.39 is 0 Å². The third kappa shape index (κ3) is 3.30. The van der Waals surface area contributed by atoms with Crippen LogP contribution >= 0.6 is 0 Å². The molecule has 0 spiro atoms. The maximum absolute atomic E-state index is 12.6. The molecule has 0 atom stereocenters. The first-order valence-corrected chi connectivity index (χ1v) is 7.64. The average Bonchev–Trinajstić information content (AvgIpc) is 2.67. The van der Waals surface area contributed by atoms with Crippen LogP contribution in [0.3, 0.4) is 0 Å². The van der Waals surface area contributed by atoms with E-state index in [1.807, 2.05) is 12.1 Å². The number of methoxy groups -OCH3 is 2. The van der Waals surface area contributed by atoms with E-state index >= 15 is 0 Å². The molecule has 1 aromatic heterocycles. The standard InChI is InChI=1S/C17H19N3O4/c1-22-12-3-4-13(16(9-12)23-2)14-10-18-11-15(19-14)17(21)20-5-7-24-8-6-20/h3-4,9-11H,5-8H2,1-2H3. The maximum atomic E-state index is 12.6. The molecule has 1 aliphatic heterocycles. The van der Waals surface area contributed by atoms with Gasteiger partial charge in [-0.3, -0.25) is 9.78 Å². The van der Waals surface area contributed by atoms with Crippen molar-refractivity contribution in [2.75, 3.05) is 40.5 Å². The van der Waals surface area contributed by atoms with Crippen molar-refractivity contribution in [2.24, 2.45) is 0 Å². The summed E-state index contributed by atoms with van der Waals surface area (Å²) < 4.78 is 15.9. The van der Waals surface area contributed by atoms with Crippen molar-refractivity contribution in [3.8, 4) is 22.8 Å². The summed E-state index contributed by atoms with van der Waals surface area (Å²) in [5.41, 5.74) is 1.64. The van der Waals surface area contributed by atoms with Gasteiger partial charge in [0.15, 0.2) is 0 Å². The molecule has 2 aromatic rings. The molecule has 1 aliphatic rings. The molecular weight excluding hydrogens is 310 g/mol. The van der Waals surface area contributed by atoms with Gasteiger partial charge in [-0.2, -0.15) is 0 Å². The average molecular weight is 329 g/mol. The van der Waals surface area contributed by atoms with Crippen LogP contribution in [-0.4, -0.2) is 61.3 Å². The minimum atomic E-state index is -0.139. The van der Waals surface area contributed by atoms with Gasteiger partial charge in [0.2, 0.25) is 0 Å². The van der Waals surface area contributed by atoms with E-state index in [2.05, 4.69) is 9.97 Å². The van der Waals surface area contributed by atoms with Gasteiger partial charge in [-0.1, -0.05) is 0 Å². The van der Waals surface area contributed by atoms with Crippen LogP contribution in [0.2, 0.25) is 0 Å². The molecule has 1 aromatic carbocycles. The molecule has 7 heteroatoms. The van der Waals surface area contributed by atoms with Gasteiger partial charge in [0.05, 0.1) is 45.5 Å². The van der Waals surface area contributed by atoms with E-state index in [1.165, 1.54) is 6.20 Å². The van der Waals surface area contributed by atoms with Crippen molar-refractivity contribution in [1.29, 1.82) is 0 Å². The topological polar surface area (TPSA) is 73.8 Å². The quantitative estimate of drug-likeness (QED) is 0.849. The Morgan fingerprint density at radius 1 is 1.17 bits per heavy atom. The lowest BCUT2D eigenvalue weighted by Gasteiger charge is -2.26. The second kappa shape index (κ2) is 7.27. The first kappa shape index (κ1) is 16.2. The first-order valence-electron chi connectivity index (χ1n) is 7.64. The minimum absolute atomic E-state index is 0.139. The third-order valence-electron chi connectivity index (χ3n) is 3.84. The van der Waals surface area contributed by atoms with Crippen molar-refractivity contribution in [2.45, 2.75) is 0 Å². The predicted molar refractivity (Wildman–Crippen MR) is 87.3 cm³/mol. The van der Waals surface area contributed by atoms with Crippen LogP contribution in [0.4, 0.5) is 0 Å². The van der Waals surface area contributed by atoms with Crippen LogP contribution in [0.5, 0.6) is 11.5 Å². The Balaban J connectivity index is 1.91. The summed E-state index contributed by atoms with van der Waals surface area (Å²) in [6.07, 6.45) is 3.09. The van der Waals surface area contributed by atoms with E-state index in [0.29, 0.717) is 49.2 Å². The monoisotopic (exact) mass is 329 g/mol. The Hall–Kier alpha value is -2.67. The number of rotatable bonds is 4. The van der Waals surface area contributed by atoms with Crippen LogP contribution in [-0.2, 0) is 4.74 Å².